The summed E-state index contributed by atoms with van der Waals surface area (Å²) in [4.78, 5) is 44.5. The number of benzene rings is 1. The zero-order valence-electron chi connectivity index (χ0n) is 22.6. The van der Waals surface area contributed by atoms with Crippen LogP contribution in [-0.2, 0) is 20.7 Å². The Balaban J connectivity index is 1.17. The normalized spacial score (nSPS) is 23.5. The predicted octanol–water partition coefficient (Wildman–Crippen LogP) is 3.73. The fraction of sp³-hybridized carbons (Fsp3) is 0.533. The molecule has 39 heavy (non-hydrogen) atoms. The molecule has 3 amide bonds. The maximum atomic E-state index is 13.5. The van der Waals surface area contributed by atoms with Gasteiger partial charge in [0.05, 0.1) is 24.1 Å². The van der Waals surface area contributed by atoms with E-state index in [4.69, 9.17) is 9.47 Å². The minimum absolute atomic E-state index is 0.0235. The maximum absolute atomic E-state index is 13.5. The van der Waals surface area contributed by atoms with Crippen molar-refractivity contribution in [1.29, 1.82) is 0 Å². The lowest BCUT2D eigenvalue weighted by molar-refractivity contribution is -0.134. The van der Waals surface area contributed by atoms with Crippen LogP contribution in [0.3, 0.4) is 0 Å². The summed E-state index contributed by atoms with van der Waals surface area (Å²) < 4.78 is 12.4. The Morgan fingerprint density at radius 2 is 1.85 bits per heavy atom. The number of pyridine rings is 1. The number of carbonyl (C=O) groups excluding carboxylic acids is 3. The van der Waals surface area contributed by atoms with Crippen LogP contribution < -0.4 is 15.4 Å². The second-order valence-electron chi connectivity index (χ2n) is 10.9. The van der Waals surface area contributed by atoms with Crippen LogP contribution in [0, 0.1) is 5.92 Å². The number of ether oxygens (including phenoxy) is 2. The smallest absolute Gasteiger partial charge is 0.257 e. The van der Waals surface area contributed by atoms with Crippen LogP contribution in [0.15, 0.2) is 42.7 Å². The molecule has 3 heterocycles. The molecule has 2 aromatic rings. The van der Waals surface area contributed by atoms with Crippen LogP contribution in [0.25, 0.3) is 0 Å². The summed E-state index contributed by atoms with van der Waals surface area (Å²) in [5.41, 5.74) is 2.18. The summed E-state index contributed by atoms with van der Waals surface area (Å²) >= 11 is 0. The van der Waals surface area contributed by atoms with E-state index in [1.807, 2.05) is 12.1 Å². The fourth-order valence-electron chi connectivity index (χ4n) is 5.89. The zero-order chi connectivity index (χ0) is 27.2. The molecule has 0 bridgehead atoms. The number of carbonyl (C=O) groups is 3. The first kappa shape index (κ1) is 27.1. The zero-order valence-corrected chi connectivity index (χ0v) is 22.6. The minimum Gasteiger partial charge on any atom is -0.490 e. The molecule has 5 rings (SSSR count). The summed E-state index contributed by atoms with van der Waals surface area (Å²) in [5.74, 6) is 0.323. The lowest BCUT2D eigenvalue weighted by Crippen LogP contribution is -2.54. The molecule has 2 fully saturated rings. The topological polar surface area (TPSA) is 110 Å². The van der Waals surface area contributed by atoms with Gasteiger partial charge in [-0.3, -0.25) is 19.4 Å². The van der Waals surface area contributed by atoms with E-state index in [-0.39, 0.29) is 54.9 Å². The van der Waals surface area contributed by atoms with Gasteiger partial charge in [-0.1, -0.05) is 19.3 Å². The number of nitrogens with zero attached hydrogens (tertiary/aromatic N) is 2. The van der Waals surface area contributed by atoms with Crippen molar-refractivity contribution < 1.29 is 23.9 Å². The molecule has 2 aliphatic heterocycles. The third kappa shape index (κ3) is 6.76. The van der Waals surface area contributed by atoms with Gasteiger partial charge < -0.3 is 25.0 Å². The highest BCUT2D eigenvalue weighted by atomic mass is 16.5. The number of rotatable bonds is 7. The molecule has 3 aliphatic rings. The largest absolute Gasteiger partial charge is 0.490 e. The van der Waals surface area contributed by atoms with E-state index >= 15 is 0 Å². The van der Waals surface area contributed by atoms with Crippen molar-refractivity contribution in [3.8, 4) is 5.75 Å². The lowest BCUT2D eigenvalue weighted by Gasteiger charge is -2.42. The van der Waals surface area contributed by atoms with E-state index < -0.39 is 0 Å². The highest BCUT2D eigenvalue weighted by Gasteiger charge is 2.39. The molecular formula is C30H38N4O5. The molecule has 1 saturated heterocycles. The third-order valence-corrected chi connectivity index (χ3v) is 8.15. The van der Waals surface area contributed by atoms with Crippen LogP contribution in [0.5, 0.6) is 5.75 Å². The van der Waals surface area contributed by atoms with Crippen LogP contribution in [-0.4, -0.2) is 66.1 Å². The number of nitrogens with one attached hydrogen (secondary N) is 2. The van der Waals surface area contributed by atoms with Crippen LogP contribution in [0.1, 0.15) is 67.3 Å². The molecule has 1 aromatic heterocycles. The van der Waals surface area contributed by atoms with E-state index in [1.54, 1.807) is 42.5 Å². The molecule has 1 saturated carbocycles. The van der Waals surface area contributed by atoms with Gasteiger partial charge in [0.25, 0.3) is 5.91 Å². The SMILES string of the molecule is CN1C(=O)c2cc(NC(=O)C3CCCCC3)ccc2OC[C@@H]2O[C@H](CC(=O)NCCc3ccncc3)CC[C@H]21. The van der Waals surface area contributed by atoms with Gasteiger partial charge in [-0.15, -0.1) is 0 Å². The van der Waals surface area contributed by atoms with Gasteiger partial charge in [-0.2, -0.15) is 0 Å². The molecule has 0 unspecified atom stereocenters. The van der Waals surface area contributed by atoms with Crippen molar-refractivity contribution in [3.63, 3.8) is 0 Å². The van der Waals surface area contributed by atoms with Gasteiger partial charge in [-0.05, 0) is 68.0 Å². The highest BCUT2D eigenvalue weighted by Crippen LogP contribution is 2.33. The Kier molecular flexibility index (Phi) is 8.76. The molecule has 3 atom stereocenters. The standard InChI is InChI=1S/C30H38N4O5/c1-34-25-9-8-23(18-28(35)32-16-13-20-11-14-31-15-12-20)39-27(25)19-38-26-10-7-22(17-24(26)30(34)37)33-29(36)21-5-3-2-4-6-21/h7,10-12,14-15,17,21,23,25,27H,2-6,8-9,13,16,18-19H2,1H3,(H,32,35)(H,33,36)/t23-,25+,27-/m0/s1. The Labute approximate surface area is 229 Å². The van der Waals surface area contributed by atoms with Crippen LogP contribution in [0.2, 0.25) is 0 Å². The van der Waals surface area contributed by atoms with Gasteiger partial charge in [0.1, 0.15) is 18.5 Å². The van der Waals surface area contributed by atoms with E-state index in [2.05, 4.69) is 15.6 Å². The number of aromatic nitrogens is 1. The predicted molar refractivity (Wildman–Crippen MR) is 146 cm³/mol. The van der Waals surface area contributed by atoms with Crippen molar-refractivity contribution >= 4 is 23.4 Å². The van der Waals surface area contributed by atoms with Crippen molar-refractivity contribution in [2.45, 2.75) is 76.0 Å². The average Bonchev–Trinajstić information content (AvgIpc) is 2.96. The lowest BCUT2D eigenvalue weighted by atomic mass is 9.88. The minimum atomic E-state index is -0.332. The van der Waals surface area contributed by atoms with Crippen LogP contribution >= 0.6 is 0 Å². The quantitative estimate of drug-likeness (QED) is 0.560. The van der Waals surface area contributed by atoms with Gasteiger partial charge in [0.2, 0.25) is 11.8 Å². The Morgan fingerprint density at radius 3 is 2.64 bits per heavy atom. The van der Waals surface area contributed by atoms with E-state index in [0.717, 1.165) is 44.1 Å². The highest BCUT2D eigenvalue weighted by molar-refractivity contribution is 6.00. The number of likely N-dealkylation sites (N-methyl/N-ethyl adjacent to an activating group) is 1. The van der Waals surface area contributed by atoms with Gasteiger partial charge in [-0.25, -0.2) is 0 Å². The molecule has 208 valence electrons. The first-order chi connectivity index (χ1) is 19.0. The second-order valence-corrected chi connectivity index (χ2v) is 10.9. The first-order valence-electron chi connectivity index (χ1n) is 14.1. The molecule has 1 aliphatic carbocycles. The fourth-order valence-corrected chi connectivity index (χ4v) is 5.89. The molecular weight excluding hydrogens is 496 g/mol. The summed E-state index contributed by atoms with van der Waals surface area (Å²) in [6, 6.07) is 8.97. The Hall–Kier alpha value is -3.46. The van der Waals surface area contributed by atoms with Crippen molar-refractivity contribution in [2.24, 2.45) is 5.92 Å². The van der Waals surface area contributed by atoms with Crippen molar-refractivity contribution in [3.05, 3.63) is 53.9 Å². The van der Waals surface area contributed by atoms with E-state index in [1.165, 1.54) is 6.42 Å². The monoisotopic (exact) mass is 534 g/mol. The summed E-state index contributed by atoms with van der Waals surface area (Å²) in [7, 11) is 1.79. The van der Waals surface area contributed by atoms with E-state index in [9.17, 15) is 14.4 Å². The summed E-state index contributed by atoms with van der Waals surface area (Å²) in [5, 5.41) is 5.98. The number of hydrogen-bond donors (Lipinski definition) is 2. The molecule has 9 nitrogen and oxygen atoms in total. The van der Waals surface area contributed by atoms with Gasteiger partial charge in [0, 0.05) is 37.6 Å². The maximum Gasteiger partial charge on any atom is 0.257 e. The van der Waals surface area contributed by atoms with Gasteiger partial charge in [0.15, 0.2) is 0 Å². The molecule has 0 radical (unpaired) electrons. The summed E-state index contributed by atoms with van der Waals surface area (Å²) in [6.45, 7) is 0.838. The Morgan fingerprint density at radius 1 is 1.05 bits per heavy atom. The Bertz CT molecular complexity index is 1170. The average molecular weight is 535 g/mol. The van der Waals surface area contributed by atoms with E-state index in [0.29, 0.717) is 30.0 Å². The molecule has 9 heteroatoms. The van der Waals surface area contributed by atoms with Gasteiger partial charge >= 0.3 is 0 Å². The van der Waals surface area contributed by atoms with Crippen molar-refractivity contribution in [1.82, 2.24) is 15.2 Å². The van der Waals surface area contributed by atoms with Crippen LogP contribution in [0.4, 0.5) is 5.69 Å². The molecule has 2 N–H and O–H groups in total. The third-order valence-electron chi connectivity index (χ3n) is 8.15. The number of fused-ring (bicyclic) bond motifs is 2. The molecule has 0 spiro atoms. The van der Waals surface area contributed by atoms with Crippen molar-refractivity contribution in [2.75, 3.05) is 25.5 Å². The summed E-state index contributed by atoms with van der Waals surface area (Å²) in [6.07, 6.45) is 10.5. The first-order valence-corrected chi connectivity index (χ1v) is 14.1. The number of anilines is 1. The number of amides is 3. The number of hydrogen-bond acceptors (Lipinski definition) is 6. The molecule has 1 aromatic carbocycles. The second kappa shape index (κ2) is 12.6.